The first-order valence-corrected chi connectivity index (χ1v) is 11.2. The predicted octanol–water partition coefficient (Wildman–Crippen LogP) is 3.11. The van der Waals surface area contributed by atoms with Gasteiger partial charge in [0, 0.05) is 29.5 Å². The molecular weight excluding hydrogens is 388 g/mol. The molecule has 0 unspecified atom stereocenters. The van der Waals surface area contributed by atoms with Gasteiger partial charge in [0.15, 0.2) is 5.82 Å². The van der Waals surface area contributed by atoms with E-state index in [0.29, 0.717) is 11.5 Å². The molecule has 4 heterocycles. The monoisotopic (exact) mass is 412 g/mol. The van der Waals surface area contributed by atoms with Crippen LogP contribution in [0.15, 0.2) is 36.8 Å². The minimum absolute atomic E-state index is 0.0520. The lowest BCUT2D eigenvalue weighted by Crippen LogP contribution is -2.41. The van der Waals surface area contributed by atoms with Crippen molar-refractivity contribution in [3.05, 3.63) is 42.4 Å². The van der Waals surface area contributed by atoms with Gasteiger partial charge in [0.05, 0.1) is 29.8 Å². The highest BCUT2D eigenvalue weighted by Gasteiger charge is 2.62. The van der Waals surface area contributed by atoms with Crippen molar-refractivity contribution in [2.24, 2.45) is 10.8 Å². The molecule has 7 nitrogen and oxygen atoms in total. The molecule has 5 fully saturated rings. The zero-order chi connectivity index (χ0) is 20.8. The fraction of sp³-hybridized carbons (Fsp3) is 0.500. The molecule has 3 aliphatic carbocycles. The number of fused-ring (bicyclic) bond motifs is 2. The van der Waals surface area contributed by atoms with E-state index in [-0.39, 0.29) is 17.4 Å². The molecule has 5 aliphatic rings. The van der Waals surface area contributed by atoms with Crippen molar-refractivity contribution in [2.75, 3.05) is 18.1 Å². The van der Waals surface area contributed by atoms with Gasteiger partial charge in [-0.15, -0.1) is 0 Å². The summed E-state index contributed by atoms with van der Waals surface area (Å²) in [4.78, 5) is 11.3. The van der Waals surface area contributed by atoms with E-state index in [4.69, 9.17) is 0 Å². The Morgan fingerprint density at radius 2 is 1.94 bits per heavy atom. The van der Waals surface area contributed by atoms with Crippen molar-refractivity contribution < 1.29 is 5.11 Å². The number of aliphatic hydroxyl groups excluding tert-OH is 1. The number of hydrogen-bond donors (Lipinski definition) is 1. The lowest BCUT2D eigenvalue weighted by atomic mass is 9.57. The average molecular weight is 412 g/mol. The van der Waals surface area contributed by atoms with Crippen molar-refractivity contribution >= 4 is 16.7 Å². The van der Waals surface area contributed by atoms with E-state index < -0.39 is 0 Å². The van der Waals surface area contributed by atoms with Crippen LogP contribution >= 0.6 is 0 Å². The largest absolute Gasteiger partial charge is 0.396 e. The van der Waals surface area contributed by atoms with Gasteiger partial charge in [-0.25, -0.2) is 14.6 Å². The fourth-order valence-electron chi connectivity index (χ4n) is 6.44. The first-order valence-electron chi connectivity index (χ1n) is 11.2. The highest BCUT2D eigenvalue weighted by Crippen LogP contribution is 2.68. The molecule has 2 aliphatic heterocycles. The van der Waals surface area contributed by atoms with Crippen LogP contribution in [-0.2, 0) is 5.41 Å². The van der Waals surface area contributed by atoms with Crippen molar-refractivity contribution in [3.8, 4) is 11.9 Å². The maximum atomic E-state index is 9.97. The van der Waals surface area contributed by atoms with Crippen LogP contribution in [0.4, 0.5) is 5.82 Å². The Kier molecular flexibility index (Phi) is 3.21. The molecule has 7 heteroatoms. The lowest BCUT2D eigenvalue weighted by Gasteiger charge is -2.44. The van der Waals surface area contributed by atoms with Gasteiger partial charge >= 0.3 is 0 Å². The summed E-state index contributed by atoms with van der Waals surface area (Å²) in [5.41, 5.74) is 2.23. The van der Waals surface area contributed by atoms with E-state index in [0.717, 1.165) is 60.3 Å². The third kappa shape index (κ3) is 2.34. The molecule has 156 valence electrons. The Labute approximate surface area is 180 Å². The van der Waals surface area contributed by atoms with E-state index >= 15 is 0 Å². The third-order valence-electron chi connectivity index (χ3n) is 8.42. The molecule has 1 spiro atoms. The number of aliphatic hydroxyl groups is 1. The zero-order valence-electron chi connectivity index (χ0n) is 17.3. The van der Waals surface area contributed by atoms with Gasteiger partial charge in [0.25, 0.3) is 0 Å². The summed E-state index contributed by atoms with van der Waals surface area (Å²) in [7, 11) is 0. The third-order valence-corrected chi connectivity index (χ3v) is 8.42. The molecule has 31 heavy (non-hydrogen) atoms. The molecule has 3 aromatic rings. The Balaban J connectivity index is 1.26. The first-order chi connectivity index (χ1) is 15.1. The number of nitrogens with zero attached hydrogens (tertiary/aromatic N) is 6. The molecule has 2 aromatic heterocycles. The van der Waals surface area contributed by atoms with Gasteiger partial charge in [-0.1, -0.05) is 12.1 Å². The summed E-state index contributed by atoms with van der Waals surface area (Å²) >= 11 is 0. The lowest BCUT2D eigenvalue weighted by molar-refractivity contribution is 0.0873. The van der Waals surface area contributed by atoms with Crippen molar-refractivity contribution in [1.82, 2.24) is 19.7 Å². The molecule has 2 saturated heterocycles. The highest BCUT2D eigenvalue weighted by molar-refractivity contribution is 5.81. The molecule has 0 atom stereocenters. The first kappa shape index (κ1) is 17.7. The summed E-state index contributed by atoms with van der Waals surface area (Å²) in [5, 5.41) is 25.4. The summed E-state index contributed by atoms with van der Waals surface area (Å²) in [5.74, 6) is 1.63. The van der Waals surface area contributed by atoms with E-state index in [9.17, 15) is 10.4 Å². The molecular formula is C24H24N6O. The Bertz CT molecular complexity index is 1250. The molecule has 8 rings (SSSR count). The van der Waals surface area contributed by atoms with E-state index in [2.05, 4.69) is 44.2 Å². The smallest absolute Gasteiger partial charge is 0.159 e. The van der Waals surface area contributed by atoms with Crippen LogP contribution in [0.25, 0.3) is 16.7 Å². The van der Waals surface area contributed by atoms with Gasteiger partial charge < -0.3 is 10.0 Å². The highest BCUT2D eigenvalue weighted by atomic mass is 16.3. The number of aromatic nitrogens is 4. The Morgan fingerprint density at radius 1 is 1.13 bits per heavy atom. The predicted molar refractivity (Wildman–Crippen MR) is 115 cm³/mol. The maximum absolute atomic E-state index is 9.97. The van der Waals surface area contributed by atoms with Crippen molar-refractivity contribution in [2.45, 2.75) is 50.0 Å². The van der Waals surface area contributed by atoms with Crippen LogP contribution in [0.2, 0.25) is 0 Å². The molecule has 2 bridgehead atoms. The van der Waals surface area contributed by atoms with E-state index in [1.54, 1.807) is 6.33 Å². The standard InChI is InChI=1S/C24H24N6O/c25-12-24(10-22(11-24)3-4-22)17-2-1-16-9-28-30(19(16)5-17)21-6-20(26-15-27-21)29-13-23(14-31)7-18(29)8-23/h1-2,5-6,9,15,18,31H,3-4,7-8,10-11,13-14H2. The zero-order valence-corrected chi connectivity index (χ0v) is 17.3. The van der Waals surface area contributed by atoms with E-state index in [1.165, 1.54) is 12.8 Å². The van der Waals surface area contributed by atoms with Crippen molar-refractivity contribution in [1.29, 1.82) is 5.26 Å². The van der Waals surface area contributed by atoms with Crippen LogP contribution in [-0.4, -0.2) is 44.0 Å². The Hall–Kier alpha value is -2.98. The number of benzene rings is 1. The minimum atomic E-state index is -0.355. The molecule has 1 aromatic carbocycles. The Morgan fingerprint density at radius 3 is 2.65 bits per heavy atom. The topological polar surface area (TPSA) is 90.9 Å². The van der Waals surface area contributed by atoms with Gasteiger partial charge in [0.2, 0.25) is 0 Å². The van der Waals surface area contributed by atoms with E-state index in [1.807, 2.05) is 16.9 Å². The summed E-state index contributed by atoms with van der Waals surface area (Å²) in [6.45, 7) is 1.09. The van der Waals surface area contributed by atoms with Crippen molar-refractivity contribution in [3.63, 3.8) is 0 Å². The summed E-state index contributed by atoms with van der Waals surface area (Å²) < 4.78 is 1.86. The second kappa shape index (κ2) is 5.63. The minimum Gasteiger partial charge on any atom is -0.396 e. The quantitative estimate of drug-likeness (QED) is 0.708. The van der Waals surface area contributed by atoms with Crippen LogP contribution in [0.3, 0.4) is 0 Å². The van der Waals surface area contributed by atoms with Crippen LogP contribution in [0, 0.1) is 22.2 Å². The fourth-order valence-corrected chi connectivity index (χ4v) is 6.44. The normalized spacial score (nSPS) is 28.9. The summed E-state index contributed by atoms with van der Waals surface area (Å²) in [6.07, 6.45) is 10.0. The number of nitriles is 1. The maximum Gasteiger partial charge on any atom is 0.159 e. The average Bonchev–Trinajstić information content (AvgIpc) is 3.12. The second-order valence-electron chi connectivity index (χ2n) is 10.5. The molecule has 3 saturated carbocycles. The second-order valence-corrected chi connectivity index (χ2v) is 10.5. The van der Waals surface area contributed by atoms with Crippen LogP contribution < -0.4 is 4.90 Å². The molecule has 0 amide bonds. The van der Waals surface area contributed by atoms with Gasteiger partial charge in [-0.2, -0.15) is 10.4 Å². The SMILES string of the molecule is N#CC1(c2ccc3cnn(-c4cc(N5CC6(CO)CC5C6)ncn4)c3c2)CC2(CC2)C1. The van der Waals surface area contributed by atoms with Gasteiger partial charge in [-0.05, 0) is 55.6 Å². The van der Waals surface area contributed by atoms with Crippen LogP contribution in [0.1, 0.15) is 44.1 Å². The molecule has 1 N–H and O–H groups in total. The van der Waals surface area contributed by atoms with Gasteiger partial charge in [0.1, 0.15) is 12.1 Å². The number of anilines is 1. The molecule has 0 radical (unpaired) electrons. The summed E-state index contributed by atoms with van der Waals surface area (Å²) in [6, 6.07) is 11.4. The van der Waals surface area contributed by atoms with Gasteiger partial charge in [-0.3, -0.25) is 0 Å². The number of rotatable bonds is 4. The number of hydrogen-bond acceptors (Lipinski definition) is 6. The van der Waals surface area contributed by atoms with Crippen LogP contribution in [0.5, 0.6) is 0 Å².